The average Bonchev–Trinajstić information content (AvgIpc) is 2.61. The number of rotatable bonds is 5. The van der Waals surface area contributed by atoms with Gasteiger partial charge in [0.05, 0.1) is 5.69 Å². The lowest BCUT2D eigenvalue weighted by molar-refractivity contribution is 0.0686. The Hall–Kier alpha value is -3.40. The van der Waals surface area contributed by atoms with Crippen molar-refractivity contribution in [2.45, 2.75) is 11.9 Å². The number of nitrogens with one attached hydrogen (secondary N) is 1. The number of carbonyl (C=O) groups is 1. The van der Waals surface area contributed by atoms with E-state index in [1.807, 2.05) is 11.6 Å². The van der Waals surface area contributed by atoms with Crippen LogP contribution in [0.5, 0.6) is 0 Å². The normalized spacial score (nSPS) is 11.2. The van der Waals surface area contributed by atoms with Gasteiger partial charge in [-0.1, -0.05) is 6.07 Å². The molecule has 2 aromatic heterocycles. The van der Waals surface area contributed by atoms with Crippen molar-refractivity contribution in [3.63, 3.8) is 0 Å². The topological polar surface area (TPSA) is 109 Å². The van der Waals surface area contributed by atoms with E-state index in [1.54, 1.807) is 18.3 Å². The monoisotopic (exact) mass is 405 g/mol. The molecule has 0 fully saturated rings. The molecule has 3 rings (SSSR count). The lowest BCUT2D eigenvalue weighted by atomic mass is 10.1. The molecular weight excluding hydrogens is 392 g/mol. The van der Waals surface area contributed by atoms with Gasteiger partial charge < -0.3 is 5.11 Å². The van der Waals surface area contributed by atoms with Crippen LogP contribution in [-0.2, 0) is 10.0 Å². The maximum absolute atomic E-state index is 13.7. The highest BCUT2D eigenvalue weighted by Gasteiger charge is 2.21. The van der Waals surface area contributed by atoms with Crippen LogP contribution in [0.4, 0.5) is 14.5 Å². The third-order valence-corrected chi connectivity index (χ3v) is 5.06. The lowest BCUT2D eigenvalue weighted by Gasteiger charge is -2.10. The summed E-state index contributed by atoms with van der Waals surface area (Å²) >= 11 is 0. The number of nitrogens with zero attached hydrogens (tertiary/aromatic N) is 2. The Morgan fingerprint density at radius 1 is 1.00 bits per heavy atom. The Bertz CT molecular complexity index is 1130. The molecule has 0 saturated carbocycles. The molecule has 28 heavy (non-hydrogen) atoms. The fraction of sp³-hybridized carbons (Fsp3) is 0.0556. The minimum atomic E-state index is -4.24. The minimum Gasteiger partial charge on any atom is -0.477 e. The number of carboxylic acids is 1. The average molecular weight is 405 g/mol. The van der Waals surface area contributed by atoms with Crippen molar-refractivity contribution >= 4 is 21.7 Å². The van der Waals surface area contributed by atoms with E-state index in [4.69, 9.17) is 5.11 Å². The van der Waals surface area contributed by atoms with E-state index in [2.05, 4.69) is 9.97 Å². The summed E-state index contributed by atoms with van der Waals surface area (Å²) in [5, 5.41) is 8.37. The zero-order valence-electron chi connectivity index (χ0n) is 14.3. The van der Waals surface area contributed by atoms with Gasteiger partial charge in [-0.15, -0.1) is 0 Å². The Balaban J connectivity index is 1.87. The van der Waals surface area contributed by atoms with Gasteiger partial charge in [-0.3, -0.25) is 9.71 Å². The summed E-state index contributed by atoms with van der Waals surface area (Å²) in [6, 6.07) is 7.51. The van der Waals surface area contributed by atoms with Crippen molar-refractivity contribution in [1.82, 2.24) is 9.97 Å². The molecule has 2 N–H and O–H groups in total. The maximum Gasteiger partial charge on any atom is 0.341 e. The number of anilines is 1. The van der Waals surface area contributed by atoms with E-state index >= 15 is 0 Å². The number of benzene rings is 1. The van der Waals surface area contributed by atoms with E-state index in [9.17, 15) is 22.0 Å². The first-order valence-corrected chi connectivity index (χ1v) is 9.30. The first-order valence-electron chi connectivity index (χ1n) is 7.81. The van der Waals surface area contributed by atoms with Crippen molar-refractivity contribution < 1.29 is 27.1 Å². The molecule has 10 heteroatoms. The number of hydrogen-bond donors (Lipinski definition) is 2. The van der Waals surface area contributed by atoms with Gasteiger partial charge in [0, 0.05) is 29.2 Å². The fourth-order valence-corrected chi connectivity index (χ4v) is 3.36. The largest absolute Gasteiger partial charge is 0.477 e. The molecule has 0 radical (unpaired) electrons. The third kappa shape index (κ3) is 3.96. The number of sulfonamides is 1. The number of aromatic nitrogens is 2. The Morgan fingerprint density at radius 2 is 1.57 bits per heavy atom. The summed E-state index contributed by atoms with van der Waals surface area (Å²) in [5.41, 5.74) is 0.567. The van der Waals surface area contributed by atoms with Gasteiger partial charge in [-0.05, 0) is 37.3 Å². The van der Waals surface area contributed by atoms with Crippen LogP contribution in [0, 0.1) is 18.6 Å². The molecule has 0 aliphatic rings. The Morgan fingerprint density at radius 3 is 2.04 bits per heavy atom. The van der Waals surface area contributed by atoms with Gasteiger partial charge in [-0.2, -0.15) is 8.42 Å². The van der Waals surface area contributed by atoms with Crippen LogP contribution < -0.4 is 4.72 Å². The highest BCUT2D eigenvalue weighted by Crippen LogP contribution is 2.23. The number of pyridine rings is 2. The lowest BCUT2D eigenvalue weighted by Crippen LogP contribution is -2.15. The molecule has 7 nitrogen and oxygen atoms in total. The molecule has 0 atom stereocenters. The summed E-state index contributed by atoms with van der Waals surface area (Å²) in [5.74, 6) is -4.60. The number of hydrogen-bond acceptors (Lipinski definition) is 5. The van der Waals surface area contributed by atoms with Crippen molar-refractivity contribution in [3.05, 3.63) is 71.7 Å². The fourth-order valence-electron chi connectivity index (χ4n) is 2.39. The second kappa shape index (κ2) is 7.31. The predicted molar refractivity (Wildman–Crippen MR) is 96.3 cm³/mol. The minimum absolute atomic E-state index is 0.376. The van der Waals surface area contributed by atoms with Crippen LogP contribution in [0.15, 0.2) is 53.8 Å². The van der Waals surface area contributed by atoms with Crippen LogP contribution in [0.25, 0.3) is 11.1 Å². The first kappa shape index (κ1) is 19.4. The van der Waals surface area contributed by atoms with Crippen LogP contribution in [0.3, 0.4) is 0 Å². The van der Waals surface area contributed by atoms with Gasteiger partial charge in [0.15, 0.2) is 5.03 Å². The van der Waals surface area contributed by atoms with E-state index in [1.165, 1.54) is 18.3 Å². The molecule has 0 spiro atoms. The second-order valence-electron chi connectivity index (χ2n) is 5.80. The molecule has 3 aromatic rings. The van der Waals surface area contributed by atoms with Crippen LogP contribution in [0.2, 0.25) is 0 Å². The molecule has 144 valence electrons. The van der Waals surface area contributed by atoms with E-state index in [-0.39, 0.29) is 5.03 Å². The Labute approximate surface area is 158 Å². The molecule has 2 heterocycles. The second-order valence-corrected chi connectivity index (χ2v) is 7.43. The van der Waals surface area contributed by atoms with Gasteiger partial charge in [0.25, 0.3) is 10.0 Å². The van der Waals surface area contributed by atoms with Crippen LogP contribution >= 0.6 is 0 Å². The predicted octanol–water partition coefficient (Wildman–Crippen LogP) is 3.23. The number of halogens is 2. The molecular formula is C18H13F2N3O4S. The van der Waals surface area contributed by atoms with Crippen molar-refractivity contribution in [2.24, 2.45) is 0 Å². The van der Waals surface area contributed by atoms with Gasteiger partial charge in [-0.25, -0.2) is 18.6 Å². The van der Waals surface area contributed by atoms with Crippen LogP contribution in [-0.4, -0.2) is 29.5 Å². The highest BCUT2D eigenvalue weighted by molar-refractivity contribution is 7.92. The van der Waals surface area contributed by atoms with E-state index < -0.39 is 38.9 Å². The third-order valence-electron chi connectivity index (χ3n) is 3.76. The van der Waals surface area contributed by atoms with Crippen molar-refractivity contribution in [3.8, 4) is 11.1 Å². The summed E-state index contributed by atoms with van der Waals surface area (Å²) in [6.07, 6.45) is 2.95. The van der Waals surface area contributed by atoms with E-state index in [0.717, 1.165) is 11.3 Å². The smallest absolute Gasteiger partial charge is 0.341 e. The molecule has 1 aromatic carbocycles. The Kier molecular flexibility index (Phi) is 5.06. The molecule has 0 bridgehead atoms. The molecule has 0 saturated heterocycles. The van der Waals surface area contributed by atoms with Crippen molar-refractivity contribution in [1.29, 1.82) is 0 Å². The van der Waals surface area contributed by atoms with E-state index in [0.29, 0.717) is 17.7 Å². The van der Waals surface area contributed by atoms with Crippen LogP contribution in [0.1, 0.15) is 16.1 Å². The van der Waals surface area contributed by atoms with Crippen molar-refractivity contribution in [2.75, 3.05) is 4.72 Å². The number of carboxylic acid groups (broad SMARTS) is 1. The summed E-state index contributed by atoms with van der Waals surface area (Å²) in [4.78, 5) is 18.8. The van der Waals surface area contributed by atoms with Gasteiger partial charge >= 0.3 is 5.97 Å². The first-order chi connectivity index (χ1) is 13.2. The SMILES string of the molecule is Cc1ccc(-c2ccc(S(=O)(=O)Nc3cc(F)c(C(=O)O)c(F)c3)nc2)cn1. The number of aromatic carboxylic acids is 1. The summed E-state index contributed by atoms with van der Waals surface area (Å²) in [6.45, 7) is 1.83. The number of aryl methyl sites for hydroxylation is 1. The zero-order valence-corrected chi connectivity index (χ0v) is 15.2. The summed E-state index contributed by atoms with van der Waals surface area (Å²) in [7, 11) is -4.24. The molecule has 0 unspecified atom stereocenters. The standard InChI is InChI=1S/C18H13F2N3O4S/c1-10-2-3-11(8-21-10)12-4-5-16(22-9-12)28(26,27)23-13-6-14(19)17(18(24)25)15(20)7-13/h2-9,23H,1H3,(H,24,25). The quantitative estimate of drug-likeness (QED) is 0.675. The molecule has 0 aliphatic heterocycles. The van der Waals surface area contributed by atoms with Gasteiger partial charge in [0.2, 0.25) is 0 Å². The summed E-state index contributed by atoms with van der Waals surface area (Å²) < 4.78 is 54.2. The molecule has 0 amide bonds. The maximum atomic E-state index is 13.7. The highest BCUT2D eigenvalue weighted by atomic mass is 32.2. The van der Waals surface area contributed by atoms with Gasteiger partial charge in [0.1, 0.15) is 17.2 Å². The molecule has 0 aliphatic carbocycles. The zero-order chi connectivity index (χ0) is 20.5.